The van der Waals surface area contributed by atoms with Crippen molar-refractivity contribution in [3.8, 4) is 34.4 Å². The zero-order valence-electron chi connectivity index (χ0n) is 20.7. The smallest absolute Gasteiger partial charge is 0.322 e. The zero-order valence-corrected chi connectivity index (χ0v) is 20.7. The summed E-state index contributed by atoms with van der Waals surface area (Å²) >= 11 is 0. The van der Waals surface area contributed by atoms with E-state index in [0.29, 0.717) is 28.4 Å². The Kier molecular flexibility index (Phi) is 7.25. The van der Waals surface area contributed by atoms with E-state index in [9.17, 15) is 9.18 Å². The van der Waals surface area contributed by atoms with Gasteiger partial charge in [0.25, 0.3) is 5.91 Å². The quantitative estimate of drug-likeness (QED) is 0.330. The molecule has 0 spiro atoms. The van der Waals surface area contributed by atoms with Crippen LogP contribution in [0.3, 0.4) is 0 Å². The van der Waals surface area contributed by atoms with Crippen LogP contribution in [0.5, 0.6) is 11.8 Å². The minimum atomic E-state index is -1.82. The highest BCUT2D eigenvalue weighted by Crippen LogP contribution is 2.37. The minimum Gasteiger partial charge on any atom is -0.424 e. The fourth-order valence-electron chi connectivity index (χ4n) is 3.92. The van der Waals surface area contributed by atoms with Gasteiger partial charge in [-0.1, -0.05) is 31.2 Å². The lowest BCUT2D eigenvalue weighted by molar-refractivity contribution is -0.277. The van der Waals surface area contributed by atoms with Crippen molar-refractivity contribution >= 4 is 5.91 Å². The number of rotatable bonds is 8. The summed E-state index contributed by atoms with van der Waals surface area (Å²) in [7, 11) is 0. The molecule has 0 aliphatic carbocycles. The number of hydrogen-bond donors (Lipinski definition) is 2. The van der Waals surface area contributed by atoms with Crippen molar-refractivity contribution in [1.29, 1.82) is 0 Å². The summed E-state index contributed by atoms with van der Waals surface area (Å²) in [6.45, 7) is 6.39. The van der Waals surface area contributed by atoms with Gasteiger partial charge in [0.15, 0.2) is 5.82 Å². The number of ether oxygens (including phenoxy) is 3. The average molecular weight is 516 g/mol. The Hall–Kier alpha value is -4.41. The molecule has 0 bridgehead atoms. The molecule has 2 N–H and O–H groups in total. The van der Waals surface area contributed by atoms with E-state index in [1.807, 2.05) is 25.1 Å². The van der Waals surface area contributed by atoms with Crippen LogP contribution in [0.15, 0.2) is 79.5 Å². The van der Waals surface area contributed by atoms with Gasteiger partial charge in [0.2, 0.25) is 0 Å². The molecular weight excluding hydrogens is 489 g/mol. The van der Waals surface area contributed by atoms with Gasteiger partial charge in [-0.15, -0.1) is 6.58 Å². The molecule has 1 fully saturated rings. The summed E-state index contributed by atoms with van der Waals surface area (Å²) in [5.41, 5.74) is 1.91. The minimum absolute atomic E-state index is 0.0842. The van der Waals surface area contributed by atoms with Crippen molar-refractivity contribution in [2.45, 2.75) is 12.7 Å². The molecule has 5 rings (SSSR count). The van der Waals surface area contributed by atoms with E-state index in [4.69, 9.17) is 19.2 Å². The summed E-state index contributed by atoms with van der Waals surface area (Å²) in [5, 5.41) is 2.75. The van der Waals surface area contributed by atoms with Crippen molar-refractivity contribution in [3.63, 3.8) is 0 Å². The van der Waals surface area contributed by atoms with Crippen molar-refractivity contribution < 1.29 is 23.4 Å². The first-order valence-corrected chi connectivity index (χ1v) is 12.1. The largest absolute Gasteiger partial charge is 0.424 e. The number of benzene rings is 2. The number of H-pyrrole nitrogens is 1. The second kappa shape index (κ2) is 10.9. The zero-order chi connectivity index (χ0) is 26.5. The monoisotopic (exact) mass is 515 g/mol. The van der Waals surface area contributed by atoms with E-state index in [2.05, 4.69) is 26.8 Å². The molecule has 1 amide bonds. The van der Waals surface area contributed by atoms with Crippen LogP contribution in [0, 0.1) is 11.7 Å². The highest BCUT2D eigenvalue weighted by atomic mass is 19.1. The second-order valence-electron chi connectivity index (χ2n) is 8.80. The van der Waals surface area contributed by atoms with Crippen molar-refractivity contribution in [2.24, 2.45) is 5.92 Å². The molecule has 0 atom stereocenters. The summed E-state index contributed by atoms with van der Waals surface area (Å²) in [6.07, 6.45) is 3.11. The van der Waals surface area contributed by atoms with Gasteiger partial charge in [-0.2, -0.15) is 4.98 Å². The topological polar surface area (TPSA) is 111 Å². The van der Waals surface area contributed by atoms with E-state index in [1.54, 1.807) is 42.6 Å². The lowest BCUT2D eigenvalue weighted by Crippen LogP contribution is -2.53. The average Bonchev–Trinajstić information content (AvgIpc) is 3.39. The van der Waals surface area contributed by atoms with Crippen LogP contribution in [-0.4, -0.2) is 45.6 Å². The Balaban J connectivity index is 1.61. The van der Waals surface area contributed by atoms with E-state index >= 15 is 0 Å². The molecule has 10 heteroatoms. The third kappa shape index (κ3) is 5.17. The molecule has 3 heterocycles. The lowest BCUT2D eigenvalue weighted by Gasteiger charge is -2.36. The molecule has 38 heavy (non-hydrogen) atoms. The van der Waals surface area contributed by atoms with Crippen LogP contribution < -0.4 is 10.1 Å². The standard InChI is InChI=1S/C28H26FN5O4/c1-3-14-30-26(35)28(36-16-18(2)17-37-28)25-33-23(19-9-11-20(29)12-10-19)24(34-25)22-13-15-31-27(32-22)38-21-7-5-4-6-8-21/h3-13,15,18H,1,14,16-17H2,2H3,(H,30,35)(H,33,34). The molecule has 1 saturated heterocycles. The number of carbonyl (C=O) groups is 1. The number of aromatic amines is 1. The predicted molar refractivity (Wildman–Crippen MR) is 137 cm³/mol. The van der Waals surface area contributed by atoms with Crippen molar-refractivity contribution in [2.75, 3.05) is 19.8 Å². The number of amides is 1. The predicted octanol–water partition coefficient (Wildman–Crippen LogP) is 4.60. The van der Waals surface area contributed by atoms with Gasteiger partial charge < -0.3 is 24.5 Å². The molecule has 4 aromatic rings. The molecule has 1 aliphatic heterocycles. The van der Waals surface area contributed by atoms with E-state index < -0.39 is 11.7 Å². The van der Waals surface area contributed by atoms with Gasteiger partial charge in [0.05, 0.1) is 30.3 Å². The number of halogens is 1. The summed E-state index contributed by atoms with van der Waals surface area (Å²) in [4.78, 5) is 30.0. The SMILES string of the molecule is C=CCNC(=O)C1(c2nc(-c3ccc(F)cc3)c(-c3ccnc(Oc4ccccc4)n3)[nH]2)OCC(C)CO1. The lowest BCUT2D eigenvalue weighted by atomic mass is 10.1. The molecule has 0 saturated carbocycles. The van der Waals surface area contributed by atoms with Gasteiger partial charge in [-0.25, -0.2) is 14.4 Å². The normalized spacial score (nSPS) is 19.1. The van der Waals surface area contributed by atoms with E-state index in [-0.39, 0.29) is 43.3 Å². The maximum Gasteiger partial charge on any atom is 0.322 e. The number of para-hydroxylation sites is 1. The number of hydrogen-bond acceptors (Lipinski definition) is 7. The molecule has 2 aromatic heterocycles. The maximum atomic E-state index is 13.7. The molecule has 194 valence electrons. The number of imidazole rings is 1. The van der Waals surface area contributed by atoms with Crippen LogP contribution in [-0.2, 0) is 20.1 Å². The number of nitrogens with zero attached hydrogens (tertiary/aromatic N) is 3. The Morgan fingerprint density at radius 3 is 2.61 bits per heavy atom. The van der Waals surface area contributed by atoms with Gasteiger partial charge in [0.1, 0.15) is 11.6 Å². The van der Waals surface area contributed by atoms with Crippen LogP contribution in [0.1, 0.15) is 12.7 Å². The molecule has 2 aromatic carbocycles. The third-order valence-corrected chi connectivity index (χ3v) is 5.82. The first kappa shape index (κ1) is 25.2. The fourth-order valence-corrected chi connectivity index (χ4v) is 3.92. The fraction of sp³-hybridized carbons (Fsp3) is 0.214. The Labute approximate surface area is 218 Å². The molecule has 9 nitrogen and oxygen atoms in total. The molecular formula is C28H26FN5O4. The van der Waals surface area contributed by atoms with Gasteiger partial charge in [-0.05, 0) is 42.5 Å². The first-order valence-electron chi connectivity index (χ1n) is 12.1. The first-order chi connectivity index (χ1) is 18.5. The molecule has 0 radical (unpaired) electrons. The number of aromatic nitrogens is 4. The van der Waals surface area contributed by atoms with Crippen LogP contribution in [0.2, 0.25) is 0 Å². The van der Waals surface area contributed by atoms with E-state index in [1.165, 1.54) is 12.1 Å². The van der Waals surface area contributed by atoms with Gasteiger partial charge in [-0.3, -0.25) is 4.79 Å². The molecule has 1 aliphatic rings. The Morgan fingerprint density at radius 2 is 1.89 bits per heavy atom. The second-order valence-corrected chi connectivity index (χ2v) is 8.80. The highest BCUT2D eigenvalue weighted by molar-refractivity contribution is 5.86. The third-order valence-electron chi connectivity index (χ3n) is 5.82. The summed E-state index contributed by atoms with van der Waals surface area (Å²) in [6, 6.07) is 16.8. The summed E-state index contributed by atoms with van der Waals surface area (Å²) < 4.78 is 31.6. The van der Waals surface area contributed by atoms with Crippen LogP contribution in [0.25, 0.3) is 22.6 Å². The highest BCUT2D eigenvalue weighted by Gasteiger charge is 2.49. The van der Waals surface area contributed by atoms with Crippen molar-refractivity contribution in [1.82, 2.24) is 25.3 Å². The maximum absolute atomic E-state index is 13.7. The Morgan fingerprint density at radius 1 is 1.16 bits per heavy atom. The van der Waals surface area contributed by atoms with Crippen LogP contribution >= 0.6 is 0 Å². The summed E-state index contributed by atoms with van der Waals surface area (Å²) in [5.74, 6) is -1.94. The number of nitrogens with one attached hydrogen (secondary N) is 2. The van der Waals surface area contributed by atoms with E-state index in [0.717, 1.165) is 0 Å². The van der Waals surface area contributed by atoms with Gasteiger partial charge >= 0.3 is 11.8 Å². The molecule has 0 unspecified atom stereocenters. The Bertz CT molecular complexity index is 1420. The van der Waals surface area contributed by atoms with Crippen LogP contribution in [0.4, 0.5) is 4.39 Å². The number of carbonyl (C=O) groups excluding carboxylic acids is 1. The van der Waals surface area contributed by atoms with Crippen molar-refractivity contribution in [3.05, 3.63) is 91.2 Å². The van der Waals surface area contributed by atoms with Gasteiger partial charge in [0, 0.05) is 24.2 Å².